The molecular weight excluding hydrogens is 224 g/mol. The minimum atomic E-state index is -0.00981. The van der Waals surface area contributed by atoms with E-state index in [1.807, 2.05) is 13.8 Å². The van der Waals surface area contributed by atoms with Crippen LogP contribution in [-0.2, 0) is 4.79 Å². The maximum absolute atomic E-state index is 11.5. The van der Waals surface area contributed by atoms with Crippen molar-refractivity contribution in [2.75, 3.05) is 11.5 Å². The average Bonchev–Trinajstić information content (AvgIpc) is 2.28. The molecule has 0 saturated heterocycles. The van der Waals surface area contributed by atoms with Crippen LogP contribution in [0.3, 0.4) is 0 Å². The lowest BCUT2D eigenvalue weighted by atomic mass is 10.3. The smallest absolute Gasteiger partial charge is 0.230 e. The Morgan fingerprint density at radius 1 is 1.56 bits per heavy atom. The zero-order valence-corrected chi connectivity index (χ0v) is 10.3. The summed E-state index contributed by atoms with van der Waals surface area (Å²) >= 11 is 1.30. The van der Waals surface area contributed by atoms with Crippen molar-refractivity contribution in [1.29, 1.82) is 0 Å². The third-order valence-corrected chi connectivity index (χ3v) is 3.05. The van der Waals surface area contributed by atoms with Crippen LogP contribution in [-0.4, -0.2) is 27.7 Å². The molecule has 1 unspecified atom stereocenters. The van der Waals surface area contributed by atoms with E-state index in [4.69, 9.17) is 5.73 Å². The fraction of sp³-hybridized carbons (Fsp3) is 0.500. The van der Waals surface area contributed by atoms with Crippen LogP contribution >= 0.6 is 11.8 Å². The normalized spacial score (nSPS) is 12.1. The molecule has 16 heavy (non-hydrogen) atoms. The Labute approximate surface area is 99.2 Å². The van der Waals surface area contributed by atoms with Gasteiger partial charge in [-0.15, -0.1) is 0 Å². The third kappa shape index (κ3) is 4.06. The Balaban J connectivity index is 2.40. The largest absolute Gasteiger partial charge is 0.381 e. The van der Waals surface area contributed by atoms with Gasteiger partial charge >= 0.3 is 0 Å². The van der Waals surface area contributed by atoms with Crippen LogP contribution in [0.15, 0.2) is 17.4 Å². The highest BCUT2D eigenvalue weighted by Crippen LogP contribution is 2.18. The Bertz CT molecular complexity index is 358. The van der Waals surface area contributed by atoms with Crippen molar-refractivity contribution in [1.82, 2.24) is 15.3 Å². The van der Waals surface area contributed by atoms with Gasteiger partial charge in [0.1, 0.15) is 5.03 Å². The molecule has 0 aromatic carbocycles. The van der Waals surface area contributed by atoms with Gasteiger partial charge in [0.2, 0.25) is 5.91 Å². The highest BCUT2D eigenvalue weighted by atomic mass is 32.2. The van der Waals surface area contributed by atoms with Crippen molar-refractivity contribution >= 4 is 23.5 Å². The number of nitrogens with two attached hydrogens (primary N) is 1. The van der Waals surface area contributed by atoms with Gasteiger partial charge in [-0.1, -0.05) is 18.7 Å². The molecular formula is C10H16N4OS. The molecule has 1 heterocycles. The van der Waals surface area contributed by atoms with Crippen LogP contribution in [0.1, 0.15) is 20.3 Å². The van der Waals surface area contributed by atoms with E-state index in [0.29, 0.717) is 16.6 Å². The van der Waals surface area contributed by atoms with Gasteiger partial charge in [0, 0.05) is 18.4 Å². The van der Waals surface area contributed by atoms with E-state index in [1.54, 1.807) is 6.20 Å². The zero-order chi connectivity index (χ0) is 12.0. The van der Waals surface area contributed by atoms with Crippen molar-refractivity contribution in [2.45, 2.75) is 31.3 Å². The minimum absolute atomic E-state index is 0.00981. The predicted molar refractivity (Wildman–Crippen MR) is 65.1 cm³/mol. The molecule has 0 aliphatic heterocycles. The first kappa shape index (κ1) is 12.8. The molecule has 6 heteroatoms. The molecule has 0 aliphatic rings. The highest BCUT2D eigenvalue weighted by molar-refractivity contribution is 8.00. The van der Waals surface area contributed by atoms with Crippen LogP contribution < -0.4 is 11.1 Å². The fourth-order valence-electron chi connectivity index (χ4n) is 1.000. The average molecular weight is 240 g/mol. The summed E-state index contributed by atoms with van der Waals surface area (Å²) < 4.78 is 0. The summed E-state index contributed by atoms with van der Waals surface area (Å²) in [6.45, 7) is 4.00. The van der Waals surface area contributed by atoms with E-state index in [9.17, 15) is 4.79 Å². The highest BCUT2D eigenvalue weighted by Gasteiger charge is 2.08. The Morgan fingerprint density at radius 3 is 2.88 bits per heavy atom. The van der Waals surface area contributed by atoms with Crippen LogP contribution in [0.2, 0.25) is 0 Å². The number of thioether (sulfide) groups is 1. The van der Waals surface area contributed by atoms with E-state index in [0.717, 1.165) is 6.42 Å². The molecule has 0 fully saturated rings. The first-order chi connectivity index (χ1) is 7.63. The number of aromatic nitrogens is 2. The molecule has 1 aromatic heterocycles. The summed E-state index contributed by atoms with van der Waals surface area (Å²) in [5.74, 6) is 0.668. The summed E-state index contributed by atoms with van der Waals surface area (Å²) in [5, 5.41) is 3.47. The lowest BCUT2D eigenvalue weighted by molar-refractivity contribution is -0.119. The lowest BCUT2D eigenvalue weighted by Gasteiger charge is -2.10. The zero-order valence-electron chi connectivity index (χ0n) is 9.43. The van der Waals surface area contributed by atoms with Crippen molar-refractivity contribution in [3.05, 3.63) is 12.4 Å². The molecule has 1 atom stereocenters. The molecule has 0 aliphatic carbocycles. The molecule has 88 valence electrons. The van der Waals surface area contributed by atoms with E-state index in [-0.39, 0.29) is 11.9 Å². The van der Waals surface area contributed by atoms with Gasteiger partial charge in [-0.3, -0.25) is 4.79 Å². The maximum Gasteiger partial charge on any atom is 0.230 e. The van der Waals surface area contributed by atoms with Crippen molar-refractivity contribution < 1.29 is 4.79 Å². The van der Waals surface area contributed by atoms with Gasteiger partial charge in [-0.05, 0) is 13.3 Å². The van der Waals surface area contributed by atoms with Crippen LogP contribution in [0.5, 0.6) is 0 Å². The maximum atomic E-state index is 11.5. The number of anilines is 1. The van der Waals surface area contributed by atoms with E-state index < -0.39 is 0 Å². The van der Waals surface area contributed by atoms with Gasteiger partial charge < -0.3 is 11.1 Å². The van der Waals surface area contributed by atoms with Gasteiger partial charge in [0.15, 0.2) is 5.82 Å². The number of hydrogen-bond donors (Lipinski definition) is 2. The quantitative estimate of drug-likeness (QED) is 0.752. The van der Waals surface area contributed by atoms with Crippen LogP contribution in [0, 0.1) is 0 Å². The Kier molecular flexibility index (Phi) is 5.04. The Morgan fingerprint density at radius 2 is 2.25 bits per heavy atom. The molecule has 1 amide bonds. The molecule has 0 bridgehead atoms. The van der Waals surface area contributed by atoms with Crippen molar-refractivity contribution in [2.24, 2.45) is 0 Å². The number of nitrogens with zero attached hydrogens (tertiary/aromatic N) is 2. The van der Waals surface area contributed by atoms with Crippen molar-refractivity contribution in [3.8, 4) is 0 Å². The predicted octanol–water partition coefficient (Wildman–Crippen LogP) is 1.07. The molecule has 1 rings (SSSR count). The topological polar surface area (TPSA) is 80.9 Å². The van der Waals surface area contributed by atoms with Gasteiger partial charge in [0.05, 0.1) is 5.75 Å². The number of hydrogen-bond acceptors (Lipinski definition) is 5. The molecule has 0 radical (unpaired) electrons. The minimum Gasteiger partial charge on any atom is -0.381 e. The number of amides is 1. The van der Waals surface area contributed by atoms with Gasteiger partial charge in [0.25, 0.3) is 0 Å². The summed E-state index contributed by atoms with van der Waals surface area (Å²) in [6, 6.07) is 0.201. The van der Waals surface area contributed by atoms with E-state index in [2.05, 4.69) is 15.3 Å². The first-order valence-electron chi connectivity index (χ1n) is 5.12. The fourth-order valence-corrected chi connectivity index (χ4v) is 1.69. The van der Waals surface area contributed by atoms with Crippen LogP contribution in [0.4, 0.5) is 5.82 Å². The van der Waals surface area contributed by atoms with Gasteiger partial charge in [-0.25, -0.2) is 9.97 Å². The Hall–Kier alpha value is -1.30. The SMILES string of the molecule is CCC(C)NC(=O)CSc1nccnc1N. The molecule has 3 N–H and O–H groups in total. The summed E-state index contributed by atoms with van der Waals surface area (Å²) in [5.41, 5.74) is 5.61. The molecule has 0 saturated carbocycles. The standard InChI is InChI=1S/C10H16N4OS/c1-3-7(2)14-8(15)6-16-10-9(11)12-4-5-13-10/h4-5,7H,3,6H2,1-2H3,(H2,11,12)(H,14,15). The third-order valence-electron chi connectivity index (χ3n) is 2.05. The van der Waals surface area contributed by atoms with Gasteiger partial charge in [-0.2, -0.15) is 0 Å². The number of nitrogens with one attached hydrogen (secondary N) is 1. The molecule has 5 nitrogen and oxygen atoms in total. The monoisotopic (exact) mass is 240 g/mol. The molecule has 0 spiro atoms. The number of carbonyl (C=O) groups excluding carboxylic acids is 1. The van der Waals surface area contributed by atoms with Crippen molar-refractivity contribution in [3.63, 3.8) is 0 Å². The summed E-state index contributed by atoms with van der Waals surface area (Å²) in [7, 11) is 0. The molecule has 1 aromatic rings. The van der Waals surface area contributed by atoms with Crippen LogP contribution in [0.25, 0.3) is 0 Å². The second-order valence-corrected chi connectivity index (χ2v) is 4.38. The first-order valence-corrected chi connectivity index (χ1v) is 6.10. The number of rotatable bonds is 5. The lowest BCUT2D eigenvalue weighted by Crippen LogP contribution is -2.33. The summed E-state index contributed by atoms with van der Waals surface area (Å²) in [6.07, 6.45) is 4.01. The second kappa shape index (κ2) is 6.32. The van der Waals surface area contributed by atoms with E-state index in [1.165, 1.54) is 18.0 Å². The second-order valence-electron chi connectivity index (χ2n) is 3.41. The summed E-state index contributed by atoms with van der Waals surface area (Å²) in [4.78, 5) is 19.4. The number of carbonyl (C=O) groups is 1. The number of nitrogen functional groups attached to an aromatic ring is 1. The van der Waals surface area contributed by atoms with E-state index >= 15 is 0 Å².